The van der Waals surface area contributed by atoms with E-state index in [0.717, 1.165) is 6.20 Å². The molecule has 3 nitrogen and oxygen atoms in total. The van der Waals surface area contributed by atoms with Crippen molar-refractivity contribution in [2.75, 3.05) is 13.7 Å². The molecule has 1 aromatic heterocycles. The normalized spacial score (nSPS) is 9.92. The number of hydrogen-bond acceptors (Lipinski definition) is 3. The first kappa shape index (κ1) is 8.93. The van der Waals surface area contributed by atoms with Gasteiger partial charge in [0.15, 0.2) is 0 Å². The summed E-state index contributed by atoms with van der Waals surface area (Å²) >= 11 is 0. The molecule has 1 aromatic rings. The average molecular weight is 171 g/mol. The van der Waals surface area contributed by atoms with E-state index in [9.17, 15) is 4.39 Å². The van der Waals surface area contributed by atoms with Gasteiger partial charge < -0.3 is 9.84 Å². The SMILES string of the molecule is COc1cc(CCO)c(F)cn1. The molecule has 0 radical (unpaired) electrons. The number of aromatic nitrogens is 1. The van der Waals surface area contributed by atoms with Crippen LogP contribution in [0.4, 0.5) is 4.39 Å². The maximum Gasteiger partial charge on any atom is 0.213 e. The van der Waals surface area contributed by atoms with Gasteiger partial charge in [0.05, 0.1) is 13.3 Å². The van der Waals surface area contributed by atoms with Crippen molar-refractivity contribution in [3.63, 3.8) is 0 Å². The van der Waals surface area contributed by atoms with Crippen molar-refractivity contribution in [3.05, 3.63) is 23.6 Å². The van der Waals surface area contributed by atoms with Crippen molar-refractivity contribution >= 4 is 0 Å². The number of methoxy groups -OCH3 is 1. The predicted octanol–water partition coefficient (Wildman–Crippen LogP) is 0.764. The molecule has 0 aliphatic carbocycles. The van der Waals surface area contributed by atoms with Crippen molar-refractivity contribution in [2.24, 2.45) is 0 Å². The zero-order valence-electron chi connectivity index (χ0n) is 6.75. The van der Waals surface area contributed by atoms with Crippen molar-refractivity contribution in [1.29, 1.82) is 0 Å². The number of rotatable bonds is 3. The van der Waals surface area contributed by atoms with Gasteiger partial charge in [-0.2, -0.15) is 0 Å². The lowest BCUT2D eigenvalue weighted by molar-refractivity contribution is 0.297. The molecule has 66 valence electrons. The Morgan fingerprint density at radius 3 is 3.00 bits per heavy atom. The third kappa shape index (κ3) is 1.92. The largest absolute Gasteiger partial charge is 0.481 e. The predicted molar refractivity (Wildman–Crippen MR) is 41.5 cm³/mol. The van der Waals surface area contributed by atoms with E-state index in [2.05, 4.69) is 4.98 Å². The monoisotopic (exact) mass is 171 g/mol. The fourth-order valence-electron chi connectivity index (χ4n) is 0.882. The van der Waals surface area contributed by atoms with Crippen LogP contribution >= 0.6 is 0 Å². The van der Waals surface area contributed by atoms with Gasteiger partial charge in [0.2, 0.25) is 5.88 Å². The van der Waals surface area contributed by atoms with E-state index in [-0.39, 0.29) is 13.0 Å². The summed E-state index contributed by atoms with van der Waals surface area (Å²) < 4.78 is 17.7. The van der Waals surface area contributed by atoms with Gasteiger partial charge in [0.25, 0.3) is 0 Å². The van der Waals surface area contributed by atoms with E-state index in [1.807, 2.05) is 0 Å². The number of nitrogens with zero attached hydrogens (tertiary/aromatic N) is 1. The maximum absolute atomic E-state index is 12.9. The van der Waals surface area contributed by atoms with Crippen molar-refractivity contribution < 1.29 is 14.2 Å². The van der Waals surface area contributed by atoms with E-state index in [0.29, 0.717) is 11.4 Å². The first-order chi connectivity index (χ1) is 5.77. The van der Waals surface area contributed by atoms with Crippen molar-refractivity contribution in [2.45, 2.75) is 6.42 Å². The molecule has 0 bridgehead atoms. The summed E-state index contributed by atoms with van der Waals surface area (Å²) in [6.45, 7) is -0.0793. The highest BCUT2D eigenvalue weighted by Gasteiger charge is 2.03. The van der Waals surface area contributed by atoms with Crippen LogP contribution in [0.15, 0.2) is 12.3 Å². The highest BCUT2D eigenvalue weighted by molar-refractivity contribution is 5.22. The van der Waals surface area contributed by atoms with Gasteiger partial charge >= 0.3 is 0 Å². The number of ether oxygens (including phenoxy) is 1. The molecule has 0 amide bonds. The lowest BCUT2D eigenvalue weighted by Crippen LogP contribution is -1.97. The fraction of sp³-hybridized carbons (Fsp3) is 0.375. The smallest absolute Gasteiger partial charge is 0.213 e. The second kappa shape index (κ2) is 4.01. The van der Waals surface area contributed by atoms with Crippen LogP contribution in [-0.2, 0) is 6.42 Å². The Balaban J connectivity index is 2.91. The molecule has 0 fully saturated rings. The Bertz CT molecular complexity index is 265. The molecule has 0 unspecified atom stereocenters. The van der Waals surface area contributed by atoms with E-state index >= 15 is 0 Å². The number of pyridine rings is 1. The number of halogens is 1. The minimum absolute atomic E-state index is 0.0793. The summed E-state index contributed by atoms with van der Waals surface area (Å²) in [5.41, 5.74) is 0.421. The minimum Gasteiger partial charge on any atom is -0.481 e. The lowest BCUT2D eigenvalue weighted by atomic mass is 10.2. The van der Waals surface area contributed by atoms with Gasteiger partial charge in [-0.15, -0.1) is 0 Å². The molecule has 0 spiro atoms. The van der Waals surface area contributed by atoms with Crippen LogP contribution in [0.2, 0.25) is 0 Å². The van der Waals surface area contributed by atoms with E-state index < -0.39 is 5.82 Å². The second-order valence-corrected chi connectivity index (χ2v) is 2.29. The van der Waals surface area contributed by atoms with Crippen LogP contribution in [0, 0.1) is 5.82 Å². The highest BCUT2D eigenvalue weighted by atomic mass is 19.1. The topological polar surface area (TPSA) is 42.4 Å². The van der Waals surface area contributed by atoms with Gasteiger partial charge in [0, 0.05) is 12.7 Å². The Morgan fingerprint density at radius 2 is 2.42 bits per heavy atom. The van der Waals surface area contributed by atoms with Gasteiger partial charge in [-0.3, -0.25) is 0 Å². The summed E-state index contributed by atoms with van der Waals surface area (Å²) in [6.07, 6.45) is 1.37. The maximum atomic E-state index is 12.9. The minimum atomic E-state index is -0.412. The number of aliphatic hydroxyl groups excluding tert-OH is 1. The zero-order valence-corrected chi connectivity index (χ0v) is 6.75. The quantitative estimate of drug-likeness (QED) is 0.730. The molecule has 0 atom stereocenters. The molecule has 1 N–H and O–H groups in total. The average Bonchev–Trinajstić information content (AvgIpc) is 2.09. The van der Waals surface area contributed by atoms with Crippen molar-refractivity contribution in [1.82, 2.24) is 4.98 Å². The van der Waals surface area contributed by atoms with Gasteiger partial charge in [0.1, 0.15) is 5.82 Å². The number of hydrogen-bond donors (Lipinski definition) is 1. The van der Waals surface area contributed by atoms with E-state index in [1.54, 1.807) is 0 Å². The Kier molecular flexibility index (Phi) is 2.99. The third-order valence-corrected chi connectivity index (χ3v) is 1.50. The number of aliphatic hydroxyl groups is 1. The Labute approximate surface area is 69.8 Å². The van der Waals surface area contributed by atoms with Gasteiger partial charge in [-0.05, 0) is 12.0 Å². The van der Waals surface area contributed by atoms with Crippen LogP contribution in [0.1, 0.15) is 5.56 Å². The molecular formula is C8H10FNO2. The molecule has 1 heterocycles. The molecule has 0 saturated heterocycles. The van der Waals surface area contributed by atoms with Crippen LogP contribution in [0.5, 0.6) is 5.88 Å². The summed E-state index contributed by atoms with van der Waals surface area (Å²) in [4.78, 5) is 3.66. The highest BCUT2D eigenvalue weighted by Crippen LogP contribution is 2.12. The fourth-order valence-corrected chi connectivity index (χ4v) is 0.882. The van der Waals surface area contributed by atoms with E-state index in [4.69, 9.17) is 9.84 Å². The molecule has 0 aliphatic heterocycles. The lowest BCUT2D eigenvalue weighted by Gasteiger charge is -2.02. The zero-order chi connectivity index (χ0) is 8.97. The van der Waals surface area contributed by atoms with Crippen LogP contribution in [0.3, 0.4) is 0 Å². The van der Waals surface area contributed by atoms with Crippen LogP contribution < -0.4 is 4.74 Å². The van der Waals surface area contributed by atoms with Gasteiger partial charge in [-0.25, -0.2) is 9.37 Å². The molecule has 4 heteroatoms. The molecule has 0 aromatic carbocycles. The summed E-state index contributed by atoms with van der Waals surface area (Å²) in [5, 5.41) is 8.58. The second-order valence-electron chi connectivity index (χ2n) is 2.29. The van der Waals surface area contributed by atoms with E-state index in [1.165, 1.54) is 13.2 Å². The third-order valence-electron chi connectivity index (χ3n) is 1.50. The van der Waals surface area contributed by atoms with Crippen LogP contribution in [0.25, 0.3) is 0 Å². The molecule has 1 rings (SSSR count). The first-order valence-corrected chi connectivity index (χ1v) is 3.57. The summed E-state index contributed by atoms with van der Waals surface area (Å²) in [7, 11) is 1.46. The van der Waals surface area contributed by atoms with Gasteiger partial charge in [-0.1, -0.05) is 0 Å². The summed E-state index contributed by atoms with van der Waals surface area (Å²) in [5.74, 6) is -0.0512. The first-order valence-electron chi connectivity index (χ1n) is 3.57. The van der Waals surface area contributed by atoms with Crippen LogP contribution in [-0.4, -0.2) is 23.8 Å². The molecular weight excluding hydrogens is 161 g/mol. The Hall–Kier alpha value is -1.16. The molecule has 0 saturated carbocycles. The molecule has 0 aliphatic rings. The standard InChI is InChI=1S/C8H10FNO2/c1-12-8-4-6(2-3-11)7(9)5-10-8/h4-5,11H,2-3H2,1H3. The van der Waals surface area contributed by atoms with Crippen molar-refractivity contribution in [3.8, 4) is 5.88 Å². The summed E-state index contributed by atoms with van der Waals surface area (Å²) in [6, 6.07) is 1.48. The Morgan fingerprint density at radius 1 is 1.67 bits per heavy atom. The molecule has 12 heavy (non-hydrogen) atoms.